The van der Waals surface area contributed by atoms with Crippen LogP contribution in [0.3, 0.4) is 0 Å². The fourth-order valence-corrected chi connectivity index (χ4v) is 6.82. The zero-order chi connectivity index (χ0) is 31.2. The van der Waals surface area contributed by atoms with Crippen LogP contribution in [0.25, 0.3) is 88.1 Å². The smallest absolute Gasteiger partial charge is 0.200 e. The molecule has 10 rings (SSSR count). The van der Waals surface area contributed by atoms with Gasteiger partial charge in [0.15, 0.2) is 5.58 Å². The lowest BCUT2D eigenvalue weighted by atomic mass is 10.0. The van der Waals surface area contributed by atoms with Gasteiger partial charge in [-0.25, -0.2) is 0 Å². The number of para-hydroxylation sites is 2. The minimum Gasteiger partial charge on any atom is -0.456 e. The minimum absolute atomic E-state index is 0.184. The Bertz CT molecular complexity index is 3000. The Balaban J connectivity index is 1.28. The molecule has 0 aliphatic carbocycles. The molecule has 7 heteroatoms. The third-order valence-corrected chi connectivity index (χ3v) is 9.15. The number of hydrogen-bond acceptors (Lipinski definition) is 6. The molecule has 5 heterocycles. The van der Waals surface area contributed by atoms with Gasteiger partial charge in [0.2, 0.25) is 10.9 Å². The predicted octanol–water partition coefficient (Wildman–Crippen LogP) is 8.79. The third kappa shape index (κ3) is 3.68. The molecule has 47 heavy (non-hydrogen) atoms. The molecule has 7 nitrogen and oxygen atoms in total. The van der Waals surface area contributed by atoms with Gasteiger partial charge in [0.05, 0.1) is 38.3 Å². The van der Waals surface area contributed by atoms with Crippen molar-refractivity contribution in [3.63, 3.8) is 0 Å². The fourth-order valence-electron chi connectivity index (χ4n) is 6.82. The molecular weight excluding hydrogens is 586 g/mol. The average Bonchev–Trinajstić information content (AvgIpc) is 3.40. The standard InChI is InChI=1S/C40H21N3O4/c44-38-26-4-1-2-7-35(26)46-36-19-37-31(18-30(36)38)39(45)27-5-3-6-34(40(27)47-37)43-32-10-8-23(22-12-14-41-15-13-22)16-28(32)29-17-24(9-11-33(29)43)25-20-42-21-25/h1-21H. The zero-order valence-corrected chi connectivity index (χ0v) is 24.6. The highest BCUT2D eigenvalue weighted by Gasteiger charge is 2.20. The van der Waals surface area contributed by atoms with Gasteiger partial charge in [0, 0.05) is 47.2 Å². The van der Waals surface area contributed by atoms with Gasteiger partial charge in [0.1, 0.15) is 16.7 Å². The van der Waals surface area contributed by atoms with Crippen molar-refractivity contribution >= 4 is 77.5 Å². The van der Waals surface area contributed by atoms with E-state index in [9.17, 15) is 9.59 Å². The highest BCUT2D eigenvalue weighted by molar-refractivity contribution is 6.18. The van der Waals surface area contributed by atoms with Gasteiger partial charge in [-0.2, -0.15) is 0 Å². The van der Waals surface area contributed by atoms with Crippen molar-refractivity contribution < 1.29 is 8.83 Å². The van der Waals surface area contributed by atoms with Crippen molar-refractivity contribution in [1.29, 1.82) is 0 Å². The molecule has 0 radical (unpaired) electrons. The topological polar surface area (TPSA) is 90.6 Å². The maximum Gasteiger partial charge on any atom is 0.200 e. The van der Waals surface area contributed by atoms with E-state index in [1.807, 2.05) is 42.7 Å². The van der Waals surface area contributed by atoms with Crippen LogP contribution in [0.4, 0.5) is 0 Å². The molecule has 0 amide bonds. The normalized spacial score (nSPS) is 12.9. The summed E-state index contributed by atoms with van der Waals surface area (Å²) in [5.41, 5.74) is 8.22. The summed E-state index contributed by atoms with van der Waals surface area (Å²) in [7, 11) is 0. The van der Waals surface area contributed by atoms with Gasteiger partial charge in [-0.05, 0) is 83.4 Å². The number of pyridine rings is 1. The van der Waals surface area contributed by atoms with Crippen LogP contribution in [0.2, 0.25) is 0 Å². The summed E-state index contributed by atoms with van der Waals surface area (Å²) in [5.74, 6) is 0. The molecule has 0 atom stereocenters. The first-order valence-corrected chi connectivity index (χ1v) is 15.2. The second-order valence-corrected chi connectivity index (χ2v) is 11.8. The van der Waals surface area contributed by atoms with E-state index in [2.05, 4.69) is 50.9 Å². The Morgan fingerprint density at radius 2 is 1.21 bits per heavy atom. The first kappa shape index (κ1) is 25.7. The Kier molecular flexibility index (Phi) is 5.17. The molecule has 0 saturated heterocycles. The van der Waals surface area contributed by atoms with E-state index in [-0.39, 0.29) is 10.9 Å². The van der Waals surface area contributed by atoms with Gasteiger partial charge in [-0.1, -0.05) is 30.3 Å². The first-order chi connectivity index (χ1) is 23.1. The molecule has 1 aliphatic rings. The van der Waals surface area contributed by atoms with Gasteiger partial charge in [-0.3, -0.25) is 19.6 Å². The second-order valence-electron chi connectivity index (χ2n) is 11.8. The van der Waals surface area contributed by atoms with Gasteiger partial charge in [-0.15, -0.1) is 0 Å². The van der Waals surface area contributed by atoms with E-state index in [1.54, 1.807) is 48.8 Å². The molecule has 4 aromatic heterocycles. The molecule has 0 saturated carbocycles. The SMILES string of the molecule is O=c1c2ccccc2oc2cc3oc4c(-n5c6ccc(C7=CN=C7)cc6c6cc(-c7ccncc7)ccc65)cccc4c(=O)c3cc12. The van der Waals surface area contributed by atoms with Crippen LogP contribution < -0.4 is 10.9 Å². The van der Waals surface area contributed by atoms with Crippen molar-refractivity contribution in [2.75, 3.05) is 0 Å². The lowest BCUT2D eigenvalue weighted by Gasteiger charge is -2.12. The number of allylic oxidation sites excluding steroid dienone is 1. The summed E-state index contributed by atoms with van der Waals surface area (Å²) in [5, 5.41) is 3.69. The maximum absolute atomic E-state index is 14.1. The van der Waals surface area contributed by atoms with Crippen LogP contribution in [0, 0.1) is 0 Å². The lowest BCUT2D eigenvalue weighted by Crippen LogP contribution is -2.07. The largest absolute Gasteiger partial charge is 0.456 e. The van der Waals surface area contributed by atoms with Crippen molar-refractivity contribution in [1.82, 2.24) is 9.55 Å². The molecular formula is C40H21N3O4. The molecule has 0 spiro atoms. The summed E-state index contributed by atoms with van der Waals surface area (Å²) in [6, 6.07) is 32.8. The number of aliphatic imine (C=N–C) groups is 1. The number of hydrogen-bond donors (Lipinski definition) is 0. The van der Waals surface area contributed by atoms with E-state index in [0.29, 0.717) is 43.9 Å². The van der Waals surface area contributed by atoms with Crippen molar-refractivity contribution in [3.8, 4) is 16.8 Å². The van der Waals surface area contributed by atoms with Crippen LogP contribution in [0.5, 0.6) is 0 Å². The zero-order valence-electron chi connectivity index (χ0n) is 24.6. The Hall–Kier alpha value is -6.60. The molecule has 0 bridgehead atoms. The van der Waals surface area contributed by atoms with Crippen molar-refractivity contribution in [2.45, 2.75) is 0 Å². The molecule has 0 unspecified atom stereocenters. The molecule has 220 valence electrons. The molecule has 0 fully saturated rings. The van der Waals surface area contributed by atoms with Crippen LogP contribution in [0.15, 0.2) is 145 Å². The third-order valence-electron chi connectivity index (χ3n) is 9.15. The minimum atomic E-state index is -0.211. The average molecular weight is 608 g/mol. The number of aromatic nitrogens is 2. The summed E-state index contributed by atoms with van der Waals surface area (Å²) in [6.45, 7) is 0. The number of nitrogens with zero attached hydrogens (tertiary/aromatic N) is 3. The molecule has 5 aromatic carbocycles. The quantitative estimate of drug-likeness (QED) is 0.187. The summed E-state index contributed by atoms with van der Waals surface area (Å²) in [6.07, 6.45) is 7.31. The van der Waals surface area contributed by atoms with E-state index in [0.717, 1.165) is 49.8 Å². The molecule has 0 N–H and O–H groups in total. The van der Waals surface area contributed by atoms with Crippen LogP contribution in [-0.2, 0) is 0 Å². The van der Waals surface area contributed by atoms with Gasteiger partial charge < -0.3 is 13.4 Å². The van der Waals surface area contributed by atoms with E-state index in [1.165, 1.54) is 0 Å². The van der Waals surface area contributed by atoms with E-state index in [4.69, 9.17) is 8.83 Å². The predicted molar refractivity (Wildman–Crippen MR) is 188 cm³/mol. The van der Waals surface area contributed by atoms with Crippen molar-refractivity contribution in [2.24, 2.45) is 4.99 Å². The van der Waals surface area contributed by atoms with Crippen LogP contribution >= 0.6 is 0 Å². The summed E-state index contributed by atoms with van der Waals surface area (Å²) >= 11 is 0. The molecule has 9 aromatic rings. The number of rotatable bonds is 3. The second kappa shape index (κ2) is 9.45. The highest BCUT2D eigenvalue weighted by Crippen LogP contribution is 2.38. The summed E-state index contributed by atoms with van der Waals surface area (Å²) < 4.78 is 14.9. The lowest BCUT2D eigenvalue weighted by molar-refractivity contribution is 0.645. The first-order valence-electron chi connectivity index (χ1n) is 15.2. The molecule has 1 aliphatic heterocycles. The maximum atomic E-state index is 14.1. The fraction of sp³-hybridized carbons (Fsp3) is 0. The van der Waals surface area contributed by atoms with Gasteiger partial charge in [0.25, 0.3) is 0 Å². The van der Waals surface area contributed by atoms with Crippen LogP contribution in [0.1, 0.15) is 5.56 Å². The van der Waals surface area contributed by atoms with Crippen LogP contribution in [-0.4, -0.2) is 15.8 Å². The van der Waals surface area contributed by atoms with Crippen molar-refractivity contribution in [3.05, 3.63) is 148 Å². The Morgan fingerprint density at radius 3 is 1.98 bits per heavy atom. The number of benzene rings is 5. The van der Waals surface area contributed by atoms with E-state index < -0.39 is 0 Å². The van der Waals surface area contributed by atoms with Gasteiger partial charge >= 0.3 is 0 Å². The summed E-state index contributed by atoms with van der Waals surface area (Å²) in [4.78, 5) is 35.8. The Morgan fingerprint density at radius 1 is 0.532 bits per heavy atom. The number of fused-ring (bicyclic) bond motifs is 7. The Labute approximate surface area is 265 Å². The highest BCUT2D eigenvalue weighted by atomic mass is 16.3. The van der Waals surface area contributed by atoms with E-state index >= 15 is 0 Å². The monoisotopic (exact) mass is 607 g/mol.